The summed E-state index contributed by atoms with van der Waals surface area (Å²) in [4.78, 5) is 11.6. The molecule has 0 spiro atoms. The lowest BCUT2D eigenvalue weighted by Crippen LogP contribution is -2.48. The van der Waals surface area contributed by atoms with Gasteiger partial charge in [-0.2, -0.15) is 0 Å². The summed E-state index contributed by atoms with van der Waals surface area (Å²) in [5.74, 6) is -1.20. The highest BCUT2D eigenvalue weighted by molar-refractivity contribution is 9.10. The monoisotopic (exact) mass is 329 g/mol. The molecular weight excluding hydrogens is 318 g/mol. The molecule has 3 nitrogen and oxygen atoms in total. The number of fused-ring (bicyclic) bond motifs is 1. The maximum Gasteiger partial charge on any atom is 0.328 e. The third-order valence-corrected chi connectivity index (χ3v) is 4.70. The molecule has 1 aromatic rings. The van der Waals surface area contributed by atoms with E-state index < -0.39 is 11.5 Å². The summed E-state index contributed by atoms with van der Waals surface area (Å²) in [5, 5.41) is 10.0. The highest BCUT2D eigenvalue weighted by Gasteiger charge is 2.49. The molecule has 5 heteroatoms. The molecule has 0 bridgehead atoms. The van der Waals surface area contributed by atoms with Crippen molar-refractivity contribution in [3.8, 4) is 0 Å². The molecule has 0 unspecified atom stereocenters. The smallest absolute Gasteiger partial charge is 0.328 e. The number of allylic oxidation sites excluding steroid dienone is 1. The number of hydrogen-bond acceptors (Lipinski definition) is 2. The largest absolute Gasteiger partial charge is 0.480 e. The molecular formula is C13H13BrClNO2. The van der Waals surface area contributed by atoms with Crippen LogP contribution in [0, 0.1) is 5.92 Å². The Balaban J connectivity index is 2.60. The van der Waals surface area contributed by atoms with Gasteiger partial charge in [0.05, 0.1) is 5.02 Å². The summed E-state index contributed by atoms with van der Waals surface area (Å²) in [6, 6.07) is 3.50. The van der Waals surface area contributed by atoms with Gasteiger partial charge in [0.2, 0.25) is 0 Å². The fourth-order valence-electron chi connectivity index (χ4n) is 2.55. The number of halogens is 2. The molecule has 1 aliphatic carbocycles. The van der Waals surface area contributed by atoms with Crippen LogP contribution >= 0.6 is 27.5 Å². The first-order chi connectivity index (χ1) is 8.41. The Morgan fingerprint density at radius 3 is 2.94 bits per heavy atom. The Kier molecular flexibility index (Phi) is 3.54. The van der Waals surface area contributed by atoms with Gasteiger partial charge < -0.3 is 10.8 Å². The fourth-order valence-corrected chi connectivity index (χ4v) is 3.08. The van der Waals surface area contributed by atoms with E-state index in [4.69, 9.17) is 17.3 Å². The summed E-state index contributed by atoms with van der Waals surface area (Å²) >= 11 is 9.34. The van der Waals surface area contributed by atoms with Crippen molar-refractivity contribution < 1.29 is 9.90 Å². The quantitative estimate of drug-likeness (QED) is 0.837. The van der Waals surface area contributed by atoms with Gasteiger partial charge in [0.25, 0.3) is 0 Å². The molecule has 0 fully saturated rings. The lowest BCUT2D eigenvalue weighted by atomic mass is 9.82. The molecule has 0 saturated carbocycles. The highest BCUT2D eigenvalue weighted by Crippen LogP contribution is 2.44. The van der Waals surface area contributed by atoms with Crippen molar-refractivity contribution in [1.82, 2.24) is 0 Å². The molecule has 0 heterocycles. The first-order valence-corrected chi connectivity index (χ1v) is 6.70. The van der Waals surface area contributed by atoms with E-state index in [1.165, 1.54) is 0 Å². The van der Waals surface area contributed by atoms with Crippen molar-refractivity contribution in [3.63, 3.8) is 0 Å². The lowest BCUT2D eigenvalue weighted by molar-refractivity contribution is -0.145. The average molecular weight is 331 g/mol. The third kappa shape index (κ3) is 1.88. The SMILES string of the molecule is C=CC[C@H]1Cc2cc(Cl)c(Br)cc2[C@@]1(N)C(=O)O. The van der Waals surface area contributed by atoms with Crippen LogP contribution in [0.5, 0.6) is 0 Å². The summed E-state index contributed by atoms with van der Waals surface area (Å²) in [6.07, 6.45) is 2.88. The van der Waals surface area contributed by atoms with Crippen molar-refractivity contribution in [1.29, 1.82) is 0 Å². The van der Waals surface area contributed by atoms with E-state index in [0.29, 0.717) is 27.9 Å². The molecule has 0 radical (unpaired) electrons. The number of carboxylic acid groups (broad SMARTS) is 1. The van der Waals surface area contributed by atoms with Crippen LogP contribution in [0.15, 0.2) is 29.3 Å². The zero-order chi connectivity index (χ0) is 13.5. The van der Waals surface area contributed by atoms with Crippen molar-refractivity contribution >= 4 is 33.5 Å². The zero-order valence-corrected chi connectivity index (χ0v) is 12.0. The normalized spacial score (nSPS) is 25.8. The third-order valence-electron chi connectivity index (χ3n) is 3.51. The molecule has 96 valence electrons. The molecule has 0 aliphatic heterocycles. The Bertz CT molecular complexity index is 532. The molecule has 2 rings (SSSR count). The molecule has 18 heavy (non-hydrogen) atoms. The van der Waals surface area contributed by atoms with Crippen LogP contribution in [0.3, 0.4) is 0 Å². The first kappa shape index (κ1) is 13.6. The minimum absolute atomic E-state index is 0.187. The van der Waals surface area contributed by atoms with Gasteiger partial charge in [-0.3, -0.25) is 0 Å². The predicted octanol–water partition coefficient (Wildman–Crippen LogP) is 3.09. The standard InChI is InChI=1S/C13H13BrClNO2/c1-2-3-8-4-7-5-11(15)10(14)6-9(7)13(8,16)12(17)18/h2,5-6,8H,1,3-4,16H2,(H,17,18)/t8-,13+/m0/s1. The van der Waals surface area contributed by atoms with Gasteiger partial charge in [-0.1, -0.05) is 17.7 Å². The summed E-state index contributed by atoms with van der Waals surface area (Å²) < 4.78 is 0.665. The molecule has 1 aliphatic rings. The Labute approximate surface area is 119 Å². The maximum atomic E-state index is 11.6. The van der Waals surface area contributed by atoms with Crippen LogP contribution in [0.1, 0.15) is 17.5 Å². The van der Waals surface area contributed by atoms with E-state index >= 15 is 0 Å². The summed E-state index contributed by atoms with van der Waals surface area (Å²) in [6.45, 7) is 3.66. The van der Waals surface area contributed by atoms with Crippen molar-refractivity contribution in [2.45, 2.75) is 18.4 Å². The minimum atomic E-state index is -1.36. The molecule has 0 saturated heterocycles. The molecule has 0 amide bonds. The number of carboxylic acids is 1. The topological polar surface area (TPSA) is 63.3 Å². The van der Waals surface area contributed by atoms with Crippen molar-refractivity contribution in [3.05, 3.63) is 45.4 Å². The molecule has 3 N–H and O–H groups in total. The van der Waals surface area contributed by atoms with Gasteiger partial charge in [-0.15, -0.1) is 6.58 Å². The van der Waals surface area contributed by atoms with Gasteiger partial charge >= 0.3 is 5.97 Å². The van der Waals surface area contributed by atoms with Crippen LogP contribution in [0.25, 0.3) is 0 Å². The van der Waals surface area contributed by atoms with E-state index in [-0.39, 0.29) is 5.92 Å². The molecule has 1 aromatic carbocycles. The lowest BCUT2D eigenvalue weighted by Gasteiger charge is -2.27. The number of aliphatic carboxylic acids is 1. The van der Waals surface area contributed by atoms with Gasteiger partial charge in [0.1, 0.15) is 5.54 Å². The Hall–Kier alpha value is -0.840. The van der Waals surface area contributed by atoms with Crippen molar-refractivity contribution in [2.75, 3.05) is 0 Å². The number of nitrogens with two attached hydrogens (primary N) is 1. The van der Waals surface area contributed by atoms with Gasteiger partial charge in [-0.05, 0) is 57.9 Å². The van der Waals surface area contributed by atoms with Crippen LogP contribution in [0.2, 0.25) is 5.02 Å². The highest BCUT2D eigenvalue weighted by atomic mass is 79.9. The van der Waals surface area contributed by atoms with E-state index in [9.17, 15) is 9.90 Å². The van der Waals surface area contributed by atoms with E-state index in [2.05, 4.69) is 22.5 Å². The average Bonchev–Trinajstić information content (AvgIpc) is 2.56. The van der Waals surface area contributed by atoms with Gasteiger partial charge in [0.15, 0.2) is 0 Å². The molecule has 0 aromatic heterocycles. The Morgan fingerprint density at radius 1 is 1.72 bits per heavy atom. The second kappa shape index (κ2) is 4.68. The van der Waals surface area contributed by atoms with Crippen LogP contribution < -0.4 is 5.73 Å². The molecule has 2 atom stereocenters. The predicted molar refractivity (Wildman–Crippen MR) is 74.7 cm³/mol. The van der Waals surface area contributed by atoms with E-state index in [1.807, 2.05) is 0 Å². The first-order valence-electron chi connectivity index (χ1n) is 5.52. The second-order valence-corrected chi connectivity index (χ2v) is 5.78. The van der Waals surface area contributed by atoms with Crippen LogP contribution in [0.4, 0.5) is 0 Å². The minimum Gasteiger partial charge on any atom is -0.480 e. The Morgan fingerprint density at radius 2 is 2.39 bits per heavy atom. The zero-order valence-electron chi connectivity index (χ0n) is 9.62. The van der Waals surface area contributed by atoms with Gasteiger partial charge in [-0.25, -0.2) is 4.79 Å². The van der Waals surface area contributed by atoms with Crippen molar-refractivity contribution in [2.24, 2.45) is 11.7 Å². The fraction of sp³-hybridized carbons (Fsp3) is 0.308. The van der Waals surface area contributed by atoms with E-state index in [1.54, 1.807) is 18.2 Å². The number of rotatable bonds is 3. The number of carbonyl (C=O) groups is 1. The summed E-state index contributed by atoms with van der Waals surface area (Å²) in [5.41, 5.74) is 6.33. The van der Waals surface area contributed by atoms with Crippen LogP contribution in [-0.2, 0) is 16.8 Å². The maximum absolute atomic E-state index is 11.6. The second-order valence-electron chi connectivity index (χ2n) is 4.52. The summed E-state index contributed by atoms with van der Waals surface area (Å²) in [7, 11) is 0. The number of benzene rings is 1. The van der Waals surface area contributed by atoms with E-state index in [0.717, 1.165) is 5.56 Å². The van der Waals surface area contributed by atoms with Crippen LogP contribution in [-0.4, -0.2) is 11.1 Å². The number of hydrogen-bond donors (Lipinski definition) is 2. The van der Waals surface area contributed by atoms with Gasteiger partial charge in [0, 0.05) is 4.47 Å².